The minimum atomic E-state index is -3.45. The standard InChI is InChI=1S/C11H14F2N2O3/c1-6-2-3-15(10(18)14-6)8-4-7(5-16)9(17)11(8,12)13/h2-3,7-9,16-17H,4-5H2,1H3/t7-,8-,9-/m0/s1. The summed E-state index contributed by atoms with van der Waals surface area (Å²) in [7, 11) is 0. The highest BCUT2D eigenvalue weighted by atomic mass is 19.3. The molecule has 100 valence electrons. The fourth-order valence-corrected chi connectivity index (χ4v) is 2.29. The number of alkyl halides is 2. The van der Waals surface area contributed by atoms with Crippen molar-refractivity contribution in [1.29, 1.82) is 0 Å². The van der Waals surface area contributed by atoms with E-state index in [1.807, 2.05) is 0 Å². The highest BCUT2D eigenvalue weighted by Crippen LogP contribution is 2.46. The van der Waals surface area contributed by atoms with E-state index in [1.54, 1.807) is 6.92 Å². The molecule has 1 aromatic rings. The van der Waals surface area contributed by atoms with Gasteiger partial charge < -0.3 is 10.2 Å². The first-order chi connectivity index (χ1) is 8.37. The molecule has 1 fully saturated rings. The summed E-state index contributed by atoms with van der Waals surface area (Å²) in [6.07, 6.45) is -0.855. The minimum absolute atomic E-state index is 0.157. The maximum Gasteiger partial charge on any atom is 0.348 e. The van der Waals surface area contributed by atoms with E-state index in [2.05, 4.69) is 4.98 Å². The van der Waals surface area contributed by atoms with Gasteiger partial charge in [0.05, 0.1) is 0 Å². The van der Waals surface area contributed by atoms with E-state index in [4.69, 9.17) is 5.11 Å². The molecule has 0 bridgehead atoms. The Balaban J connectivity index is 2.42. The van der Waals surface area contributed by atoms with Crippen molar-refractivity contribution in [2.24, 2.45) is 5.92 Å². The number of aliphatic hydroxyl groups excluding tert-OH is 2. The quantitative estimate of drug-likeness (QED) is 0.791. The van der Waals surface area contributed by atoms with E-state index in [-0.39, 0.29) is 6.42 Å². The molecule has 7 heteroatoms. The van der Waals surface area contributed by atoms with Gasteiger partial charge in [-0.25, -0.2) is 13.6 Å². The average molecular weight is 260 g/mol. The van der Waals surface area contributed by atoms with Gasteiger partial charge in [0, 0.05) is 24.4 Å². The van der Waals surface area contributed by atoms with Gasteiger partial charge in [-0.2, -0.15) is 4.98 Å². The van der Waals surface area contributed by atoms with Crippen LogP contribution in [0.5, 0.6) is 0 Å². The van der Waals surface area contributed by atoms with Crippen LogP contribution < -0.4 is 5.69 Å². The zero-order valence-corrected chi connectivity index (χ0v) is 9.75. The van der Waals surface area contributed by atoms with E-state index in [0.717, 1.165) is 4.57 Å². The Morgan fingerprint density at radius 3 is 2.78 bits per heavy atom. The molecule has 2 rings (SSSR count). The van der Waals surface area contributed by atoms with Crippen LogP contribution in [0, 0.1) is 12.8 Å². The molecule has 1 aromatic heterocycles. The molecule has 5 nitrogen and oxygen atoms in total. The normalized spacial score (nSPS) is 30.6. The van der Waals surface area contributed by atoms with Gasteiger partial charge in [-0.1, -0.05) is 0 Å². The van der Waals surface area contributed by atoms with Crippen molar-refractivity contribution in [1.82, 2.24) is 9.55 Å². The lowest BCUT2D eigenvalue weighted by Crippen LogP contribution is -2.40. The molecule has 1 aliphatic carbocycles. The summed E-state index contributed by atoms with van der Waals surface area (Å²) in [4.78, 5) is 15.2. The first-order valence-corrected chi connectivity index (χ1v) is 5.60. The molecule has 0 unspecified atom stereocenters. The average Bonchev–Trinajstić information content (AvgIpc) is 2.52. The number of aromatic nitrogens is 2. The summed E-state index contributed by atoms with van der Waals surface area (Å²) in [5.41, 5.74) is -0.331. The van der Waals surface area contributed by atoms with Gasteiger partial charge in [0.2, 0.25) is 0 Å². The highest BCUT2D eigenvalue weighted by molar-refractivity contribution is 5.04. The minimum Gasteiger partial charge on any atom is -0.396 e. The fourth-order valence-electron chi connectivity index (χ4n) is 2.29. The Morgan fingerprint density at radius 2 is 2.28 bits per heavy atom. The van der Waals surface area contributed by atoms with E-state index in [9.17, 15) is 18.7 Å². The van der Waals surface area contributed by atoms with Crippen molar-refractivity contribution in [2.75, 3.05) is 6.61 Å². The van der Waals surface area contributed by atoms with Crippen LogP contribution in [-0.4, -0.2) is 38.4 Å². The summed E-state index contributed by atoms with van der Waals surface area (Å²) in [6.45, 7) is 1.05. The van der Waals surface area contributed by atoms with Crippen molar-refractivity contribution in [3.8, 4) is 0 Å². The van der Waals surface area contributed by atoms with Crippen molar-refractivity contribution >= 4 is 0 Å². The third kappa shape index (κ3) is 1.93. The summed E-state index contributed by atoms with van der Waals surface area (Å²) in [5.74, 6) is -4.38. The van der Waals surface area contributed by atoms with Crippen molar-refractivity contribution in [3.05, 3.63) is 28.4 Å². The lowest BCUT2D eigenvalue weighted by molar-refractivity contribution is -0.123. The number of halogens is 2. The zero-order chi connectivity index (χ0) is 13.5. The first kappa shape index (κ1) is 13.1. The second-order valence-electron chi connectivity index (χ2n) is 4.57. The van der Waals surface area contributed by atoms with Gasteiger partial charge in [0.25, 0.3) is 5.92 Å². The molecule has 1 heterocycles. The number of hydrogen-bond acceptors (Lipinski definition) is 4. The van der Waals surface area contributed by atoms with E-state index < -0.39 is 36.3 Å². The fraction of sp³-hybridized carbons (Fsp3) is 0.636. The lowest BCUT2D eigenvalue weighted by Gasteiger charge is -2.23. The van der Waals surface area contributed by atoms with Crippen LogP contribution in [0.3, 0.4) is 0 Å². The molecule has 3 atom stereocenters. The smallest absolute Gasteiger partial charge is 0.348 e. The number of aryl methyl sites for hydroxylation is 1. The maximum atomic E-state index is 13.9. The summed E-state index contributed by atoms with van der Waals surface area (Å²) in [6, 6.07) is -0.0129. The molecule has 1 saturated carbocycles. The number of nitrogens with zero attached hydrogens (tertiary/aromatic N) is 2. The third-order valence-electron chi connectivity index (χ3n) is 3.35. The monoisotopic (exact) mass is 260 g/mol. The van der Waals surface area contributed by atoms with Crippen LogP contribution in [0.25, 0.3) is 0 Å². The molecule has 0 aliphatic heterocycles. The van der Waals surface area contributed by atoms with Crippen LogP contribution in [0.1, 0.15) is 18.2 Å². The van der Waals surface area contributed by atoms with E-state index in [1.165, 1.54) is 12.3 Å². The zero-order valence-electron chi connectivity index (χ0n) is 9.75. The van der Waals surface area contributed by atoms with E-state index in [0.29, 0.717) is 5.69 Å². The van der Waals surface area contributed by atoms with Crippen molar-refractivity contribution in [2.45, 2.75) is 31.4 Å². The molecular weight excluding hydrogens is 246 g/mol. The van der Waals surface area contributed by atoms with E-state index >= 15 is 0 Å². The van der Waals surface area contributed by atoms with Crippen LogP contribution in [-0.2, 0) is 0 Å². The Labute approximate surface area is 102 Å². The number of hydrogen-bond donors (Lipinski definition) is 2. The second-order valence-corrected chi connectivity index (χ2v) is 4.57. The molecule has 0 saturated heterocycles. The van der Waals surface area contributed by atoms with Crippen LogP contribution in [0.15, 0.2) is 17.1 Å². The van der Waals surface area contributed by atoms with Gasteiger partial charge in [-0.15, -0.1) is 0 Å². The molecule has 2 N–H and O–H groups in total. The highest BCUT2D eigenvalue weighted by Gasteiger charge is 2.57. The molecule has 0 aromatic carbocycles. The summed E-state index contributed by atoms with van der Waals surface area (Å²) >= 11 is 0. The number of rotatable bonds is 2. The molecule has 0 spiro atoms. The summed E-state index contributed by atoms with van der Waals surface area (Å²) < 4.78 is 28.5. The van der Waals surface area contributed by atoms with Gasteiger partial charge in [0.1, 0.15) is 12.1 Å². The van der Waals surface area contributed by atoms with Crippen LogP contribution >= 0.6 is 0 Å². The SMILES string of the molecule is Cc1ccn([C@H]2C[C@@H](CO)[C@H](O)C2(F)F)c(=O)n1. The van der Waals surface area contributed by atoms with Crippen LogP contribution in [0.4, 0.5) is 8.78 Å². The Kier molecular flexibility index (Phi) is 3.20. The second kappa shape index (κ2) is 4.40. The molecule has 0 radical (unpaired) electrons. The lowest BCUT2D eigenvalue weighted by atomic mass is 10.1. The molecular formula is C11H14F2N2O3. The first-order valence-electron chi connectivity index (χ1n) is 5.60. The molecule has 0 amide bonds. The van der Waals surface area contributed by atoms with Gasteiger partial charge >= 0.3 is 5.69 Å². The predicted octanol–water partition coefficient (Wildman–Crippen LogP) is 0.101. The Hall–Kier alpha value is -1.34. The largest absolute Gasteiger partial charge is 0.396 e. The van der Waals surface area contributed by atoms with Gasteiger partial charge in [-0.05, 0) is 19.4 Å². The third-order valence-corrected chi connectivity index (χ3v) is 3.35. The van der Waals surface area contributed by atoms with Crippen molar-refractivity contribution < 1.29 is 19.0 Å². The summed E-state index contributed by atoms with van der Waals surface area (Å²) in [5, 5.41) is 18.4. The van der Waals surface area contributed by atoms with Gasteiger partial charge in [0.15, 0.2) is 0 Å². The maximum absolute atomic E-state index is 13.9. The Bertz CT molecular complexity index is 503. The topological polar surface area (TPSA) is 75.3 Å². The van der Waals surface area contributed by atoms with Gasteiger partial charge in [-0.3, -0.25) is 4.57 Å². The molecule has 18 heavy (non-hydrogen) atoms. The number of aliphatic hydroxyl groups is 2. The van der Waals surface area contributed by atoms with Crippen LogP contribution in [0.2, 0.25) is 0 Å². The predicted molar refractivity (Wildman–Crippen MR) is 58.4 cm³/mol. The van der Waals surface area contributed by atoms with Crippen molar-refractivity contribution in [3.63, 3.8) is 0 Å². The molecule has 1 aliphatic rings. The Morgan fingerprint density at radius 1 is 1.61 bits per heavy atom.